The molecule has 1 aliphatic heterocycles. The molecule has 0 atom stereocenters. The Balaban J connectivity index is 2.34. The highest BCUT2D eigenvalue weighted by Crippen LogP contribution is 2.36. The number of benzene rings is 1. The van der Waals surface area contributed by atoms with E-state index in [1.807, 2.05) is 40.0 Å². The summed E-state index contributed by atoms with van der Waals surface area (Å²) in [4.78, 5) is 15.7. The highest BCUT2D eigenvalue weighted by molar-refractivity contribution is 8.13. The number of nitrogens with one attached hydrogen (secondary N) is 1. The number of nitrogens with zero attached hydrogens (tertiary/aromatic N) is 2. The van der Waals surface area contributed by atoms with E-state index in [4.69, 9.17) is 14.6 Å². The monoisotopic (exact) mass is 345 g/mol. The molecule has 1 N–H and O–H groups in total. The standard InChI is InChI=1S/C16H20BN3O3S/c1-15(2)16(3,4)23-17(22-15)12-6-7-13(11(8-12)9-21)20-14(24-5)19-10-18/h6-9H,1-5H3,(H,19,20). The number of carbonyl (C=O) groups is 1. The first kappa shape index (κ1) is 18.5. The molecule has 1 heterocycles. The van der Waals surface area contributed by atoms with Crippen LogP contribution in [-0.4, -0.2) is 36.0 Å². The van der Waals surface area contributed by atoms with Crippen molar-refractivity contribution in [1.29, 1.82) is 5.26 Å². The Morgan fingerprint density at radius 3 is 2.46 bits per heavy atom. The number of amidine groups is 1. The average Bonchev–Trinajstić information content (AvgIpc) is 2.75. The molecule has 0 aromatic heterocycles. The molecule has 6 nitrogen and oxygen atoms in total. The topological polar surface area (TPSA) is 83.7 Å². The number of rotatable bonds is 3. The normalized spacial score (nSPS) is 19.0. The van der Waals surface area contributed by atoms with Gasteiger partial charge in [-0.15, -0.1) is 0 Å². The molecule has 0 bridgehead atoms. The summed E-state index contributed by atoms with van der Waals surface area (Å²) >= 11 is 1.29. The van der Waals surface area contributed by atoms with Crippen LogP contribution in [0, 0.1) is 11.5 Å². The van der Waals surface area contributed by atoms with Gasteiger partial charge >= 0.3 is 7.12 Å². The van der Waals surface area contributed by atoms with E-state index in [0.717, 1.165) is 11.7 Å². The summed E-state index contributed by atoms with van der Waals surface area (Å²) in [5.41, 5.74) is 0.761. The maximum absolute atomic E-state index is 11.4. The van der Waals surface area contributed by atoms with Crippen molar-refractivity contribution in [3.8, 4) is 6.19 Å². The number of thioether (sulfide) groups is 1. The molecule has 0 radical (unpaired) electrons. The van der Waals surface area contributed by atoms with Crippen molar-refractivity contribution in [3.63, 3.8) is 0 Å². The molecule has 2 rings (SSSR count). The number of aliphatic imine (C=N–C) groups is 1. The molecule has 126 valence electrons. The minimum Gasteiger partial charge on any atom is -0.399 e. The van der Waals surface area contributed by atoms with Crippen molar-refractivity contribution < 1.29 is 14.1 Å². The van der Waals surface area contributed by atoms with E-state index < -0.39 is 18.3 Å². The molecule has 8 heteroatoms. The van der Waals surface area contributed by atoms with E-state index >= 15 is 0 Å². The number of carbonyl (C=O) groups excluding carboxylic acids is 1. The molecule has 1 aliphatic rings. The first-order valence-electron chi connectivity index (χ1n) is 7.46. The van der Waals surface area contributed by atoms with Gasteiger partial charge in [0, 0.05) is 5.56 Å². The molecule has 1 aromatic rings. The minimum absolute atomic E-state index is 0.411. The fourth-order valence-corrected chi connectivity index (χ4v) is 2.51. The maximum atomic E-state index is 11.4. The van der Waals surface area contributed by atoms with E-state index in [1.54, 1.807) is 18.4 Å². The zero-order chi connectivity index (χ0) is 18.0. The Hall–Kier alpha value is -1.82. The van der Waals surface area contributed by atoms with Gasteiger partial charge in [-0.05, 0) is 51.5 Å². The van der Waals surface area contributed by atoms with Gasteiger partial charge in [-0.25, -0.2) is 4.99 Å². The van der Waals surface area contributed by atoms with Gasteiger partial charge in [0.2, 0.25) is 0 Å². The summed E-state index contributed by atoms with van der Waals surface area (Å²) in [6.45, 7) is 7.91. The summed E-state index contributed by atoms with van der Waals surface area (Å²) < 4.78 is 12.0. The van der Waals surface area contributed by atoms with E-state index in [1.165, 1.54) is 11.8 Å². The average molecular weight is 345 g/mol. The lowest BCUT2D eigenvalue weighted by atomic mass is 9.78. The lowest BCUT2D eigenvalue weighted by molar-refractivity contribution is 0.00578. The van der Waals surface area contributed by atoms with Gasteiger partial charge in [0.15, 0.2) is 17.6 Å². The molecule has 1 aromatic carbocycles. The quantitative estimate of drug-likeness (QED) is 0.226. The highest BCUT2D eigenvalue weighted by Gasteiger charge is 2.51. The van der Waals surface area contributed by atoms with Crippen molar-refractivity contribution in [2.24, 2.45) is 4.99 Å². The van der Waals surface area contributed by atoms with Crippen LogP contribution in [0.4, 0.5) is 5.69 Å². The Bertz CT molecular complexity index is 697. The molecular formula is C16H20BN3O3S. The third-order valence-corrected chi connectivity index (χ3v) is 4.86. The van der Waals surface area contributed by atoms with Gasteiger partial charge in [0.05, 0.1) is 16.9 Å². The maximum Gasteiger partial charge on any atom is 0.494 e. The lowest BCUT2D eigenvalue weighted by Crippen LogP contribution is -2.41. The number of nitriles is 1. The van der Waals surface area contributed by atoms with E-state index in [-0.39, 0.29) is 0 Å². The fourth-order valence-electron chi connectivity index (χ4n) is 2.18. The van der Waals surface area contributed by atoms with Crippen LogP contribution in [-0.2, 0) is 9.31 Å². The Morgan fingerprint density at radius 2 is 1.96 bits per heavy atom. The van der Waals surface area contributed by atoms with Crippen LogP contribution in [0.3, 0.4) is 0 Å². The smallest absolute Gasteiger partial charge is 0.399 e. The van der Waals surface area contributed by atoms with Crippen LogP contribution in [0.2, 0.25) is 0 Å². The van der Waals surface area contributed by atoms with E-state index in [9.17, 15) is 4.79 Å². The summed E-state index contributed by atoms with van der Waals surface area (Å²) in [5.74, 6) is 0. The van der Waals surface area contributed by atoms with Gasteiger partial charge in [-0.2, -0.15) is 5.26 Å². The second-order valence-corrected chi connectivity index (χ2v) is 7.18. The summed E-state index contributed by atoms with van der Waals surface area (Å²) in [5, 5.41) is 11.6. The molecule has 0 aliphatic carbocycles. The number of hydrogen-bond donors (Lipinski definition) is 1. The fraction of sp³-hybridized carbons (Fsp3) is 0.438. The second-order valence-electron chi connectivity index (χ2n) is 6.38. The van der Waals surface area contributed by atoms with Crippen molar-refractivity contribution in [2.45, 2.75) is 38.9 Å². The molecule has 0 saturated carbocycles. The third kappa shape index (κ3) is 3.64. The van der Waals surface area contributed by atoms with Gasteiger partial charge in [0.1, 0.15) is 0 Å². The largest absolute Gasteiger partial charge is 0.494 e. The molecule has 0 unspecified atom stereocenters. The number of aldehydes is 1. The molecule has 24 heavy (non-hydrogen) atoms. The molecule has 0 amide bonds. The van der Waals surface area contributed by atoms with Crippen LogP contribution in [0.5, 0.6) is 0 Å². The van der Waals surface area contributed by atoms with E-state index in [0.29, 0.717) is 16.4 Å². The summed E-state index contributed by atoms with van der Waals surface area (Å²) in [7, 11) is -0.538. The minimum atomic E-state index is -0.538. The van der Waals surface area contributed by atoms with Crippen molar-refractivity contribution in [2.75, 3.05) is 6.26 Å². The van der Waals surface area contributed by atoms with Crippen LogP contribution in [0.25, 0.3) is 0 Å². The SMILES string of the molecule is CSC(=Nc1ccc(B2OC(C)(C)C(C)(C)O2)cc1C=O)NC#N. The first-order valence-corrected chi connectivity index (χ1v) is 8.69. The Kier molecular flexibility index (Phi) is 5.38. The van der Waals surface area contributed by atoms with Crippen LogP contribution in [0.15, 0.2) is 23.2 Å². The van der Waals surface area contributed by atoms with Gasteiger partial charge < -0.3 is 9.31 Å². The first-order chi connectivity index (χ1) is 11.2. The molecular weight excluding hydrogens is 325 g/mol. The van der Waals surface area contributed by atoms with Gasteiger partial charge in [-0.1, -0.05) is 17.8 Å². The molecule has 1 saturated heterocycles. The van der Waals surface area contributed by atoms with Crippen molar-refractivity contribution in [3.05, 3.63) is 23.8 Å². The van der Waals surface area contributed by atoms with Crippen LogP contribution in [0.1, 0.15) is 38.1 Å². The summed E-state index contributed by atoms with van der Waals surface area (Å²) in [6.07, 6.45) is 4.35. The van der Waals surface area contributed by atoms with Crippen molar-refractivity contribution >= 4 is 41.5 Å². The van der Waals surface area contributed by atoms with Crippen LogP contribution >= 0.6 is 11.8 Å². The predicted octanol–water partition coefficient (Wildman–Crippen LogP) is 2.22. The van der Waals surface area contributed by atoms with Gasteiger partial charge in [0.25, 0.3) is 0 Å². The molecule has 0 spiro atoms. The molecule has 1 fully saturated rings. The van der Waals surface area contributed by atoms with Gasteiger partial charge in [-0.3, -0.25) is 10.1 Å². The van der Waals surface area contributed by atoms with E-state index in [2.05, 4.69) is 10.3 Å². The number of hydrogen-bond acceptors (Lipinski definition) is 6. The third-order valence-electron chi connectivity index (χ3n) is 4.28. The Labute approximate surface area is 146 Å². The van der Waals surface area contributed by atoms with Crippen molar-refractivity contribution in [1.82, 2.24) is 5.32 Å². The van der Waals surface area contributed by atoms with Crippen LogP contribution < -0.4 is 10.8 Å². The zero-order valence-electron chi connectivity index (χ0n) is 14.4. The highest BCUT2D eigenvalue weighted by atomic mass is 32.2. The second kappa shape index (κ2) is 6.97. The predicted molar refractivity (Wildman–Crippen MR) is 96.9 cm³/mol. The zero-order valence-corrected chi connectivity index (χ0v) is 15.2. The lowest BCUT2D eigenvalue weighted by Gasteiger charge is -2.32. The Morgan fingerprint density at radius 1 is 1.33 bits per heavy atom. The summed E-state index contributed by atoms with van der Waals surface area (Å²) in [6, 6.07) is 5.25.